The number of fused-ring (bicyclic) bond motifs is 1. The van der Waals surface area contributed by atoms with Gasteiger partial charge in [0, 0.05) is 37.0 Å². The first-order chi connectivity index (χ1) is 8.47. The van der Waals surface area contributed by atoms with Gasteiger partial charge in [-0.3, -0.25) is 0 Å². The Kier molecular flexibility index (Phi) is 36.2. The topological polar surface area (TPSA) is 30.2 Å². The van der Waals surface area contributed by atoms with E-state index in [-0.39, 0.29) is 18.6 Å². The number of rotatable bonds is 0. The maximum absolute atomic E-state index is 4.04. The van der Waals surface area contributed by atoms with Crippen LogP contribution in [0.25, 0.3) is 5.65 Å². The van der Waals surface area contributed by atoms with E-state index in [4.69, 9.17) is 0 Å². The maximum Gasteiger partial charge on any atom is 0.154 e. The molecule has 0 amide bonds. The summed E-state index contributed by atoms with van der Waals surface area (Å²) < 4.78 is 1.72. The normalized spacial score (nSPS) is 6.44. The van der Waals surface area contributed by atoms with Gasteiger partial charge in [0.2, 0.25) is 0 Å². The van der Waals surface area contributed by atoms with Crippen molar-refractivity contribution in [1.29, 1.82) is 0 Å². The average Bonchev–Trinajstić information content (AvgIpc) is 2.96. The summed E-state index contributed by atoms with van der Waals surface area (Å²) in [4.78, 5) is 4.04. The molecule has 2 aromatic heterocycles. The summed E-state index contributed by atoms with van der Waals surface area (Å²) >= 11 is 0. The Hall–Kier alpha value is -0.796. The zero-order chi connectivity index (χ0) is 14.1. The number of hydrogen-bond donors (Lipinski definition) is 0. The Labute approximate surface area is 125 Å². The van der Waals surface area contributed by atoms with Gasteiger partial charge >= 0.3 is 0 Å². The van der Waals surface area contributed by atoms with E-state index in [1.54, 1.807) is 16.9 Å². The molecule has 0 aliphatic carbocycles. The van der Waals surface area contributed by atoms with Gasteiger partial charge in [-0.2, -0.15) is 5.10 Å². The first-order valence-corrected chi connectivity index (χ1v) is 6.71. The van der Waals surface area contributed by atoms with Crippen molar-refractivity contribution in [2.24, 2.45) is 0 Å². The fraction of sp³-hybridized carbons (Fsp3) is 0.571. The number of aromatic nitrogens is 3. The molecule has 2 heterocycles. The molecule has 2 rings (SSSR count). The van der Waals surface area contributed by atoms with Crippen molar-refractivity contribution in [2.75, 3.05) is 0 Å². The zero-order valence-corrected chi connectivity index (χ0v) is 14.6. The quantitative estimate of drug-likeness (QED) is 0.695. The molecule has 0 atom stereocenters. The molecule has 18 heavy (non-hydrogen) atoms. The summed E-state index contributed by atoms with van der Waals surface area (Å²) in [6.07, 6.45) is 5.34. The average molecular weight is 290 g/mol. The molecule has 0 N–H and O–H groups in total. The molecule has 3 nitrogen and oxygen atoms in total. The van der Waals surface area contributed by atoms with Crippen LogP contribution in [0.4, 0.5) is 0 Å². The van der Waals surface area contributed by atoms with Crippen LogP contribution in [-0.2, 0) is 18.6 Å². The van der Waals surface area contributed by atoms with Crippen LogP contribution in [0.2, 0.25) is 0 Å². The fourth-order valence-electron chi connectivity index (χ4n) is 0.764. The zero-order valence-electron chi connectivity index (χ0n) is 13.2. The molecular weight excluding hydrogens is 261 g/mol. The Bertz CT molecular complexity index is 291. The van der Waals surface area contributed by atoms with Gasteiger partial charge in [-0.25, -0.2) is 9.50 Å². The predicted octanol–water partition coefficient (Wildman–Crippen LogP) is 4.83. The molecule has 0 saturated heterocycles. The molecule has 105 valence electrons. The second-order valence-corrected chi connectivity index (χ2v) is 1.75. The standard InChI is InChI=1S/C6H5N3.4C2H6.V/c1-3-7-6-2-4-8-9(6)5-1;4*1-2;/h1-5H;4*1-2H3;. The summed E-state index contributed by atoms with van der Waals surface area (Å²) in [5, 5.41) is 3.97. The minimum Gasteiger partial charge on any atom is -0.237 e. The molecule has 4 heteroatoms. The molecular formula is C14H29N3V. The monoisotopic (exact) mass is 290 g/mol. The first-order valence-electron chi connectivity index (χ1n) is 6.71. The van der Waals surface area contributed by atoms with Gasteiger partial charge in [0.05, 0.1) is 6.20 Å². The van der Waals surface area contributed by atoms with Crippen LogP contribution >= 0.6 is 0 Å². The summed E-state index contributed by atoms with van der Waals surface area (Å²) in [6, 6.07) is 3.71. The van der Waals surface area contributed by atoms with Crippen molar-refractivity contribution >= 4 is 5.65 Å². The van der Waals surface area contributed by atoms with Crippen molar-refractivity contribution in [1.82, 2.24) is 14.6 Å². The van der Waals surface area contributed by atoms with E-state index in [2.05, 4.69) is 10.1 Å². The van der Waals surface area contributed by atoms with Gasteiger partial charge in [0.25, 0.3) is 0 Å². The SMILES string of the molecule is CC.CC.CC.CC.[V].c1cnc2ccnn2c1. The van der Waals surface area contributed by atoms with Gasteiger partial charge in [-0.15, -0.1) is 0 Å². The van der Waals surface area contributed by atoms with E-state index in [1.807, 2.05) is 73.7 Å². The van der Waals surface area contributed by atoms with Crippen molar-refractivity contribution in [3.8, 4) is 0 Å². The van der Waals surface area contributed by atoms with E-state index in [0.29, 0.717) is 0 Å². The predicted molar refractivity (Wildman–Crippen MR) is 78.4 cm³/mol. The molecule has 0 unspecified atom stereocenters. The smallest absolute Gasteiger partial charge is 0.154 e. The summed E-state index contributed by atoms with van der Waals surface area (Å²) in [5.41, 5.74) is 0.887. The molecule has 0 bridgehead atoms. The Morgan fingerprint density at radius 3 is 1.78 bits per heavy atom. The third kappa shape index (κ3) is 11.7. The van der Waals surface area contributed by atoms with E-state index in [1.165, 1.54) is 0 Å². The van der Waals surface area contributed by atoms with Crippen LogP contribution < -0.4 is 0 Å². The summed E-state index contributed by atoms with van der Waals surface area (Å²) in [6.45, 7) is 16.0. The second-order valence-electron chi connectivity index (χ2n) is 1.75. The molecule has 0 aliphatic rings. The van der Waals surface area contributed by atoms with Gasteiger partial charge < -0.3 is 0 Å². The van der Waals surface area contributed by atoms with Crippen molar-refractivity contribution in [3.63, 3.8) is 0 Å². The Balaban J connectivity index is -0.0000000953. The van der Waals surface area contributed by atoms with Crippen molar-refractivity contribution < 1.29 is 18.6 Å². The largest absolute Gasteiger partial charge is 0.237 e. The van der Waals surface area contributed by atoms with Crippen molar-refractivity contribution in [2.45, 2.75) is 55.4 Å². The number of hydrogen-bond acceptors (Lipinski definition) is 2. The van der Waals surface area contributed by atoms with Crippen LogP contribution in [0.1, 0.15) is 55.4 Å². The van der Waals surface area contributed by atoms with Crippen LogP contribution in [0, 0.1) is 0 Å². The molecule has 0 aliphatic heterocycles. The third-order valence-electron chi connectivity index (χ3n) is 1.17. The minimum atomic E-state index is 0. The van der Waals surface area contributed by atoms with Crippen LogP contribution in [0.5, 0.6) is 0 Å². The summed E-state index contributed by atoms with van der Waals surface area (Å²) in [5.74, 6) is 0. The Morgan fingerprint density at radius 1 is 0.833 bits per heavy atom. The van der Waals surface area contributed by atoms with E-state index >= 15 is 0 Å². The van der Waals surface area contributed by atoms with Gasteiger partial charge in [0.15, 0.2) is 5.65 Å². The van der Waals surface area contributed by atoms with E-state index in [0.717, 1.165) is 5.65 Å². The molecule has 0 fully saturated rings. The molecule has 0 saturated carbocycles. The molecule has 0 aromatic carbocycles. The van der Waals surface area contributed by atoms with E-state index < -0.39 is 0 Å². The minimum absolute atomic E-state index is 0. The van der Waals surface area contributed by atoms with Gasteiger partial charge in [-0.1, -0.05) is 55.4 Å². The molecule has 0 spiro atoms. The Morgan fingerprint density at radius 2 is 1.33 bits per heavy atom. The molecule has 1 radical (unpaired) electrons. The first kappa shape index (κ1) is 25.9. The van der Waals surface area contributed by atoms with Crippen LogP contribution in [0.3, 0.4) is 0 Å². The van der Waals surface area contributed by atoms with Gasteiger partial charge in [0.1, 0.15) is 0 Å². The van der Waals surface area contributed by atoms with Crippen LogP contribution in [0.15, 0.2) is 30.7 Å². The van der Waals surface area contributed by atoms with Crippen molar-refractivity contribution in [3.05, 3.63) is 30.7 Å². The summed E-state index contributed by atoms with van der Waals surface area (Å²) in [7, 11) is 0. The van der Waals surface area contributed by atoms with Crippen LogP contribution in [-0.4, -0.2) is 14.6 Å². The van der Waals surface area contributed by atoms with Gasteiger partial charge in [-0.05, 0) is 6.07 Å². The molecule has 2 aromatic rings. The second kappa shape index (κ2) is 25.2. The third-order valence-corrected chi connectivity index (χ3v) is 1.17. The fourth-order valence-corrected chi connectivity index (χ4v) is 0.764. The van der Waals surface area contributed by atoms with E-state index in [9.17, 15) is 0 Å². The maximum atomic E-state index is 4.04. The number of nitrogens with zero attached hydrogens (tertiary/aromatic N) is 3.